The van der Waals surface area contributed by atoms with E-state index in [4.69, 9.17) is 38.9 Å². The molecule has 124 heavy (non-hydrogen) atoms. The summed E-state index contributed by atoms with van der Waals surface area (Å²) in [5.41, 5.74) is 37.4. The van der Waals surface area contributed by atoms with Gasteiger partial charge in [-0.15, -0.1) is 45.3 Å². The summed E-state index contributed by atoms with van der Waals surface area (Å²) in [6.07, 6.45) is 0. The van der Waals surface area contributed by atoms with Crippen LogP contribution in [-0.4, -0.2) is 57.3 Å². The van der Waals surface area contributed by atoms with Crippen molar-refractivity contribution >= 4 is 242 Å². The van der Waals surface area contributed by atoms with Crippen LogP contribution in [0.4, 0.5) is 11.4 Å². The number of nitrogens with zero attached hydrogens (tertiary/aromatic N) is 10. The van der Waals surface area contributed by atoms with Gasteiger partial charge < -0.3 is 29.7 Å². The summed E-state index contributed by atoms with van der Waals surface area (Å²) in [5, 5.41) is 14.1. The Bertz CT molecular complexity index is 8460. The van der Waals surface area contributed by atoms with E-state index < -0.39 is 11.6 Å². The summed E-state index contributed by atoms with van der Waals surface area (Å²) < 4.78 is 29.4. The Labute approximate surface area is 729 Å². The highest BCUT2D eigenvalue weighted by Gasteiger charge is 2.33. The Hall–Kier alpha value is -15.0. The quantitative estimate of drug-likeness (QED) is 0.0642. The van der Waals surface area contributed by atoms with Crippen molar-refractivity contribution in [2.45, 2.75) is 0 Å². The van der Waals surface area contributed by atoms with Crippen molar-refractivity contribution in [3.05, 3.63) is 351 Å². The third-order valence-corrected chi connectivity index (χ3v) is 29.7. The van der Waals surface area contributed by atoms with E-state index >= 15 is 0 Å². The maximum absolute atomic E-state index is 11.8. The van der Waals surface area contributed by atoms with E-state index in [9.17, 15) is 9.59 Å². The number of nitrogen functional groups attached to an aromatic ring is 2. The van der Waals surface area contributed by atoms with Gasteiger partial charge in [0.25, 0.3) is 0 Å². The number of aromatic nitrogens is 10. The van der Waals surface area contributed by atoms with Crippen LogP contribution in [0.2, 0.25) is 0 Å². The number of ketones is 2. The van der Waals surface area contributed by atoms with Crippen molar-refractivity contribution in [2.75, 3.05) is 11.5 Å². The third kappa shape index (κ3) is 10.8. The first-order valence-electron chi connectivity index (χ1n) is 40.4. The van der Waals surface area contributed by atoms with Crippen LogP contribution in [0.5, 0.6) is 0 Å². The lowest BCUT2D eigenvalue weighted by Gasteiger charge is -2.16. The number of Topliss-reactive ketones (excluding diaryl/α,β-unsaturated/α-hetero) is 2. The summed E-state index contributed by atoms with van der Waals surface area (Å²) >= 11 is 9.44. The summed E-state index contributed by atoms with van der Waals surface area (Å²) in [6, 6.07) is 117. The fourth-order valence-corrected chi connectivity index (χ4v) is 24.8. The lowest BCUT2D eigenvalue weighted by Crippen LogP contribution is -2.20. The minimum absolute atomic E-state index is 0.408. The first kappa shape index (κ1) is 71.9. The van der Waals surface area contributed by atoms with Crippen molar-refractivity contribution in [3.8, 4) is 75.6 Å². The smallest absolute Gasteiger partial charge is 0.234 e. The topological polar surface area (TPSA) is 183 Å². The summed E-state index contributed by atoms with van der Waals surface area (Å²) in [5.74, 6) is -0.816. The molecule has 0 amide bonds. The number of nitrogens with two attached hydrogens (primary N) is 2. The van der Waals surface area contributed by atoms with Crippen molar-refractivity contribution in [3.63, 3.8) is 0 Å². The second-order valence-electron chi connectivity index (χ2n) is 30.8. The van der Waals surface area contributed by atoms with Crippen LogP contribution in [0.25, 0.3) is 226 Å². The van der Waals surface area contributed by atoms with E-state index in [0.29, 0.717) is 22.5 Å². The molecule has 1 aliphatic rings. The Morgan fingerprint density at radius 1 is 0.218 bits per heavy atom. The average Bonchev–Trinajstić information content (AvgIpc) is 1.40. The molecule has 0 aliphatic heterocycles. The van der Waals surface area contributed by atoms with Gasteiger partial charge in [0, 0.05) is 130 Å². The SMILES string of the molecule is Nc1c(N)c(-c2cc3c4ccccc4n(-c4ccccc4)c3s2)c2nsnc2c1-c1cc2c3ccccc3n(-c3ccccc3)c2s1.O=C1C(=O)c2ccccc2-c2ccccc21.c1ccc(-n2c3ccccc3c3cc(-c4c5nsnc5c(-c5cc6c7ccccc7n(-c7ccccc7)c6s5)c5nc6c7ccccc7c7ccccc7c6nc45)sc32)cc1. The Morgan fingerprint density at radius 2 is 0.452 bits per heavy atom. The number of anilines is 2. The number of para-hydroxylation sites is 8. The standard InChI is InChI=1S/C52H28N6S3.C38H24N6S3.C14H8O2/c1-3-15-29(16-4-1)57-39-25-13-11-21-33(39)37-27-41(59-51(37)57)43-47-48(54-46-36-24-10-8-20-32(36)31-19-7-9-23-35(31)45(46)53-47)44(50-49(43)55-61-56-50)42-28-38-34-22-12-14-26-40(34)58(52(38)60-42)30-17-5-2-6-18-30;39-33-31(29-19-25-23-15-7-9-17-27(23)43(37(25)45-29)21-11-3-1-4-12-21)35-36(42-47-41-35)32(34(33)40)30-20-26-24-16-8-10-18-28(24)44(38(26)46-30)22-13-5-2-6-14-22;15-13-11-7-3-1-5-9(11)10-6-2-4-8-12(10)14(13)16/h1-28H;1-20H,39-40H2;1-8H. The first-order valence-corrected chi connectivity index (χ1v) is 45.1. The molecule has 14 nitrogen and oxygen atoms in total. The van der Waals surface area contributed by atoms with Crippen molar-refractivity contribution < 1.29 is 9.59 Å². The number of thiophene rings is 4. The van der Waals surface area contributed by atoms with E-state index in [-0.39, 0.29) is 0 Å². The maximum Gasteiger partial charge on any atom is 0.234 e. The van der Waals surface area contributed by atoms with Gasteiger partial charge in [0.1, 0.15) is 52.4 Å². The molecule has 20 heteroatoms. The molecule has 584 valence electrons. The predicted molar refractivity (Wildman–Crippen MR) is 520 cm³/mol. The molecule has 0 fully saturated rings. The highest BCUT2D eigenvalue weighted by molar-refractivity contribution is 7.24. The van der Waals surface area contributed by atoms with Gasteiger partial charge in [0.2, 0.25) is 11.6 Å². The molecule has 0 unspecified atom stereocenters. The number of hydrogen-bond donors (Lipinski definition) is 2. The Balaban J connectivity index is 0.000000118. The monoisotopic (exact) mass is 1700 g/mol. The normalized spacial score (nSPS) is 12.3. The zero-order valence-corrected chi connectivity index (χ0v) is 70.1. The average molecular weight is 1700 g/mol. The van der Waals surface area contributed by atoms with Crippen LogP contribution in [0.15, 0.2) is 340 Å². The van der Waals surface area contributed by atoms with Crippen LogP contribution in [0.1, 0.15) is 20.7 Å². The van der Waals surface area contributed by atoms with E-state index in [1.54, 1.807) is 69.6 Å². The highest BCUT2D eigenvalue weighted by atomic mass is 32.1. The first-order chi connectivity index (χ1) is 61.2. The summed E-state index contributed by atoms with van der Waals surface area (Å²) in [4.78, 5) is 44.1. The van der Waals surface area contributed by atoms with Crippen molar-refractivity contribution in [1.29, 1.82) is 0 Å². The molecule has 4 N–H and O–H groups in total. The van der Waals surface area contributed by atoms with Crippen LogP contribution < -0.4 is 11.5 Å². The second kappa shape index (κ2) is 28.3. The summed E-state index contributed by atoms with van der Waals surface area (Å²) in [7, 11) is 0. The van der Waals surface area contributed by atoms with Crippen LogP contribution >= 0.6 is 68.8 Å². The molecule has 11 aromatic heterocycles. The molecule has 26 aromatic rings. The molecule has 0 spiro atoms. The second-order valence-corrected chi connectivity index (χ2v) is 36.0. The van der Waals surface area contributed by atoms with Gasteiger partial charge in [-0.25, -0.2) is 9.97 Å². The lowest BCUT2D eigenvalue weighted by molar-refractivity contribution is 0.0815. The van der Waals surface area contributed by atoms with Crippen molar-refractivity contribution in [1.82, 2.24) is 45.7 Å². The number of carbonyl (C=O) groups is 2. The van der Waals surface area contributed by atoms with Gasteiger partial charge in [0.05, 0.1) is 67.9 Å². The molecular weight excluding hydrogens is 1640 g/mol. The minimum atomic E-state index is -0.408. The van der Waals surface area contributed by atoms with Gasteiger partial charge in [-0.2, -0.15) is 17.5 Å². The number of benzene rings is 15. The Morgan fingerprint density at radius 3 is 0.750 bits per heavy atom. The molecule has 27 rings (SSSR count). The fourth-order valence-electron chi connectivity index (χ4n) is 18.6. The number of rotatable bonds is 8. The zero-order valence-electron chi connectivity index (χ0n) is 65.2. The number of fused-ring (bicyclic) bond motifs is 24. The molecule has 0 bridgehead atoms. The fraction of sp³-hybridized carbons (Fsp3) is 0. The highest BCUT2D eigenvalue weighted by Crippen LogP contribution is 2.55. The van der Waals surface area contributed by atoms with Gasteiger partial charge in [-0.1, -0.05) is 243 Å². The molecule has 0 radical (unpaired) electrons. The number of carbonyl (C=O) groups excluding carboxylic acids is 2. The van der Waals surface area contributed by atoms with E-state index in [0.717, 1.165) is 151 Å². The molecule has 0 atom stereocenters. The molecule has 0 saturated heterocycles. The molecule has 0 saturated carbocycles. The molecule has 11 heterocycles. The van der Waals surface area contributed by atoms with Crippen LogP contribution in [0.3, 0.4) is 0 Å². The van der Waals surface area contributed by atoms with Gasteiger partial charge in [-0.05, 0) is 119 Å². The van der Waals surface area contributed by atoms with E-state index in [1.165, 1.54) is 98.3 Å². The minimum Gasteiger partial charge on any atom is -0.396 e. The van der Waals surface area contributed by atoms with Crippen molar-refractivity contribution in [2.24, 2.45) is 0 Å². The molecule has 1 aliphatic carbocycles. The number of hydrogen-bond acceptors (Lipinski definition) is 16. The molecule has 15 aromatic carbocycles. The summed E-state index contributed by atoms with van der Waals surface area (Å²) in [6.45, 7) is 0. The Kier molecular flexibility index (Phi) is 16.4. The van der Waals surface area contributed by atoms with Gasteiger partial charge in [-0.3, -0.25) is 9.59 Å². The maximum atomic E-state index is 11.8. The van der Waals surface area contributed by atoms with E-state index in [2.05, 4.69) is 297 Å². The largest absolute Gasteiger partial charge is 0.396 e. The van der Waals surface area contributed by atoms with E-state index in [1.807, 2.05) is 36.4 Å². The predicted octanol–water partition coefficient (Wildman–Crippen LogP) is 28.0. The molecular formula is C104H60N12O2S6. The van der Waals surface area contributed by atoms with Gasteiger partial charge >= 0.3 is 0 Å². The third-order valence-electron chi connectivity index (χ3n) is 24.1. The van der Waals surface area contributed by atoms with Crippen LogP contribution in [-0.2, 0) is 0 Å². The van der Waals surface area contributed by atoms with Crippen LogP contribution in [0, 0.1) is 0 Å². The zero-order chi connectivity index (χ0) is 82.1. The lowest BCUT2D eigenvalue weighted by atomic mass is 9.84. The van der Waals surface area contributed by atoms with Gasteiger partial charge in [0.15, 0.2) is 0 Å².